The van der Waals surface area contributed by atoms with Gasteiger partial charge in [0.2, 0.25) is 0 Å². The molecule has 2 aromatic carbocycles. The zero-order valence-electron chi connectivity index (χ0n) is 12.5. The van der Waals surface area contributed by atoms with Crippen LogP contribution in [0.5, 0.6) is 5.75 Å². The number of carbonyl (C=O) groups is 1. The van der Waals surface area contributed by atoms with Crippen molar-refractivity contribution >= 4 is 16.8 Å². The van der Waals surface area contributed by atoms with Crippen LogP contribution in [0.25, 0.3) is 22.2 Å². The normalized spacial score (nSPS) is 10.5. The fourth-order valence-electron chi connectivity index (χ4n) is 2.43. The number of methoxy groups -OCH3 is 1. The van der Waals surface area contributed by atoms with Gasteiger partial charge in [-0.25, -0.2) is 4.98 Å². The van der Waals surface area contributed by atoms with Crippen LogP contribution >= 0.6 is 0 Å². The molecule has 3 rings (SSSR count). The molecule has 0 aliphatic rings. The number of carbonyl (C=O) groups excluding carboxylic acids is 1. The lowest BCUT2D eigenvalue weighted by Crippen LogP contribution is -2.18. The summed E-state index contributed by atoms with van der Waals surface area (Å²) in [5, 5.41) is 3.52. The fourth-order valence-corrected chi connectivity index (χ4v) is 2.43. The number of fused-ring (bicyclic) bond motifs is 1. The Kier molecular flexibility index (Phi) is 3.74. The smallest absolute Gasteiger partial charge is 0.251 e. The van der Waals surface area contributed by atoms with E-state index in [9.17, 15) is 4.79 Å². The highest BCUT2D eigenvalue weighted by atomic mass is 16.5. The lowest BCUT2D eigenvalue weighted by Gasteiger charge is -2.09. The van der Waals surface area contributed by atoms with Gasteiger partial charge < -0.3 is 10.1 Å². The standard InChI is InChI=1S/C18H16N2O2/c1-19-18(21)15-11-17(12-6-5-7-13(10-12)22-2)20-16-9-4-3-8-14(15)16/h3-11H,1-2H3,(H,19,21). The van der Waals surface area contributed by atoms with Gasteiger partial charge in [-0.3, -0.25) is 4.79 Å². The van der Waals surface area contributed by atoms with E-state index >= 15 is 0 Å². The first-order valence-electron chi connectivity index (χ1n) is 6.99. The molecule has 0 spiro atoms. The van der Waals surface area contributed by atoms with E-state index in [4.69, 9.17) is 4.74 Å². The van der Waals surface area contributed by atoms with Gasteiger partial charge in [0.25, 0.3) is 5.91 Å². The van der Waals surface area contributed by atoms with Crippen molar-refractivity contribution in [1.29, 1.82) is 0 Å². The van der Waals surface area contributed by atoms with Crippen LogP contribution in [0, 0.1) is 0 Å². The summed E-state index contributed by atoms with van der Waals surface area (Å²) < 4.78 is 5.26. The van der Waals surface area contributed by atoms with E-state index in [1.54, 1.807) is 14.2 Å². The summed E-state index contributed by atoms with van der Waals surface area (Å²) in [6, 6.07) is 17.1. The summed E-state index contributed by atoms with van der Waals surface area (Å²) in [6.07, 6.45) is 0. The van der Waals surface area contributed by atoms with Gasteiger partial charge in [0.05, 0.1) is 23.9 Å². The minimum Gasteiger partial charge on any atom is -0.497 e. The molecule has 22 heavy (non-hydrogen) atoms. The number of amides is 1. The summed E-state index contributed by atoms with van der Waals surface area (Å²) in [5.41, 5.74) is 3.07. The Balaban J connectivity index is 2.24. The number of benzene rings is 2. The van der Waals surface area contributed by atoms with E-state index in [0.717, 1.165) is 27.9 Å². The number of ether oxygens (including phenoxy) is 1. The van der Waals surface area contributed by atoms with Gasteiger partial charge in [-0.05, 0) is 24.3 Å². The van der Waals surface area contributed by atoms with E-state index in [2.05, 4.69) is 10.3 Å². The van der Waals surface area contributed by atoms with Crippen LogP contribution in [0.4, 0.5) is 0 Å². The number of rotatable bonds is 3. The Bertz CT molecular complexity index is 843. The molecule has 1 aromatic heterocycles. The molecule has 1 N–H and O–H groups in total. The molecule has 0 aliphatic carbocycles. The topological polar surface area (TPSA) is 51.2 Å². The van der Waals surface area contributed by atoms with Crippen LogP contribution < -0.4 is 10.1 Å². The maximum atomic E-state index is 12.2. The van der Waals surface area contributed by atoms with E-state index in [-0.39, 0.29) is 5.91 Å². The lowest BCUT2D eigenvalue weighted by atomic mass is 10.0. The van der Waals surface area contributed by atoms with Gasteiger partial charge in [0, 0.05) is 18.0 Å². The number of hydrogen-bond acceptors (Lipinski definition) is 3. The lowest BCUT2D eigenvalue weighted by molar-refractivity contribution is 0.0964. The SMILES string of the molecule is CNC(=O)c1cc(-c2cccc(OC)c2)nc2ccccc12. The van der Waals surface area contributed by atoms with Crippen molar-refractivity contribution in [2.45, 2.75) is 0 Å². The molecular formula is C18H16N2O2. The van der Waals surface area contributed by atoms with Crippen molar-refractivity contribution < 1.29 is 9.53 Å². The molecule has 3 aromatic rings. The molecule has 4 heteroatoms. The molecule has 0 radical (unpaired) electrons. The fraction of sp³-hybridized carbons (Fsp3) is 0.111. The summed E-state index contributed by atoms with van der Waals surface area (Å²) in [7, 11) is 3.26. The summed E-state index contributed by atoms with van der Waals surface area (Å²) in [5.74, 6) is 0.636. The minimum absolute atomic E-state index is 0.122. The predicted octanol–water partition coefficient (Wildman–Crippen LogP) is 3.27. The quantitative estimate of drug-likeness (QED) is 0.806. The van der Waals surface area contributed by atoms with E-state index in [1.807, 2.05) is 54.6 Å². The van der Waals surface area contributed by atoms with Gasteiger partial charge in [-0.2, -0.15) is 0 Å². The monoisotopic (exact) mass is 292 g/mol. The zero-order chi connectivity index (χ0) is 15.5. The molecule has 110 valence electrons. The predicted molar refractivity (Wildman–Crippen MR) is 87.1 cm³/mol. The van der Waals surface area contributed by atoms with Crippen molar-refractivity contribution in [3.05, 3.63) is 60.2 Å². The second-order valence-corrected chi connectivity index (χ2v) is 4.88. The van der Waals surface area contributed by atoms with Crippen molar-refractivity contribution in [2.75, 3.05) is 14.2 Å². The number of nitrogens with zero attached hydrogens (tertiary/aromatic N) is 1. The van der Waals surface area contributed by atoms with Crippen LogP contribution in [-0.4, -0.2) is 25.0 Å². The number of para-hydroxylation sites is 1. The summed E-state index contributed by atoms with van der Waals surface area (Å²) in [4.78, 5) is 16.8. The van der Waals surface area contributed by atoms with Gasteiger partial charge in [0.1, 0.15) is 5.75 Å². The molecule has 0 saturated carbocycles. The van der Waals surface area contributed by atoms with Crippen molar-refractivity contribution in [3.63, 3.8) is 0 Å². The van der Waals surface area contributed by atoms with Crippen LogP contribution in [0.1, 0.15) is 10.4 Å². The highest BCUT2D eigenvalue weighted by Crippen LogP contribution is 2.27. The second kappa shape index (κ2) is 5.85. The molecular weight excluding hydrogens is 276 g/mol. The Morgan fingerprint density at radius 3 is 2.68 bits per heavy atom. The van der Waals surface area contributed by atoms with E-state index in [0.29, 0.717) is 5.56 Å². The van der Waals surface area contributed by atoms with Gasteiger partial charge in [-0.15, -0.1) is 0 Å². The first-order valence-corrected chi connectivity index (χ1v) is 6.99. The van der Waals surface area contributed by atoms with Gasteiger partial charge in [0.15, 0.2) is 0 Å². The summed E-state index contributed by atoms with van der Waals surface area (Å²) >= 11 is 0. The average Bonchev–Trinajstić information content (AvgIpc) is 2.60. The van der Waals surface area contributed by atoms with Crippen molar-refractivity contribution in [3.8, 4) is 17.0 Å². The largest absolute Gasteiger partial charge is 0.497 e. The molecule has 0 saturated heterocycles. The minimum atomic E-state index is -0.122. The van der Waals surface area contributed by atoms with Crippen LogP contribution in [-0.2, 0) is 0 Å². The van der Waals surface area contributed by atoms with Crippen LogP contribution in [0.2, 0.25) is 0 Å². The molecule has 0 bridgehead atoms. The number of hydrogen-bond donors (Lipinski definition) is 1. The molecule has 0 aliphatic heterocycles. The van der Waals surface area contributed by atoms with Crippen LogP contribution in [0.15, 0.2) is 54.6 Å². The van der Waals surface area contributed by atoms with Gasteiger partial charge in [-0.1, -0.05) is 30.3 Å². The first-order chi connectivity index (χ1) is 10.7. The van der Waals surface area contributed by atoms with Gasteiger partial charge >= 0.3 is 0 Å². The van der Waals surface area contributed by atoms with Crippen LogP contribution in [0.3, 0.4) is 0 Å². The average molecular weight is 292 g/mol. The third kappa shape index (κ3) is 2.51. The molecule has 0 fully saturated rings. The number of nitrogens with one attached hydrogen (secondary N) is 1. The Morgan fingerprint density at radius 1 is 1.09 bits per heavy atom. The molecule has 4 nitrogen and oxygen atoms in total. The van der Waals surface area contributed by atoms with E-state index < -0.39 is 0 Å². The molecule has 0 unspecified atom stereocenters. The third-order valence-corrected chi connectivity index (χ3v) is 3.55. The Morgan fingerprint density at radius 2 is 1.91 bits per heavy atom. The maximum Gasteiger partial charge on any atom is 0.251 e. The highest BCUT2D eigenvalue weighted by Gasteiger charge is 2.12. The zero-order valence-corrected chi connectivity index (χ0v) is 12.5. The number of pyridine rings is 1. The molecule has 1 heterocycles. The maximum absolute atomic E-state index is 12.2. The van der Waals surface area contributed by atoms with Crippen molar-refractivity contribution in [2.24, 2.45) is 0 Å². The Labute approximate surface area is 128 Å². The Hall–Kier alpha value is -2.88. The highest BCUT2D eigenvalue weighted by molar-refractivity contribution is 6.07. The van der Waals surface area contributed by atoms with Crippen molar-refractivity contribution in [1.82, 2.24) is 10.3 Å². The first kappa shape index (κ1) is 14.1. The third-order valence-electron chi connectivity index (χ3n) is 3.55. The second-order valence-electron chi connectivity index (χ2n) is 4.88. The number of aromatic nitrogens is 1. The summed E-state index contributed by atoms with van der Waals surface area (Å²) in [6.45, 7) is 0. The molecule has 0 atom stereocenters. The molecule has 1 amide bonds. The van der Waals surface area contributed by atoms with E-state index in [1.165, 1.54) is 0 Å².